The summed E-state index contributed by atoms with van der Waals surface area (Å²) in [7, 11) is 3.35. The third kappa shape index (κ3) is 3.56. The fraction of sp³-hybridized carbons (Fsp3) is 0.227. The Morgan fingerprint density at radius 1 is 1.33 bits per heavy atom. The van der Waals surface area contributed by atoms with E-state index in [0.717, 1.165) is 32.4 Å². The van der Waals surface area contributed by atoms with Gasteiger partial charge in [-0.05, 0) is 17.6 Å². The Kier molecular flexibility index (Phi) is 5.17. The predicted molar refractivity (Wildman–Crippen MR) is 129 cm³/mol. The highest BCUT2D eigenvalue weighted by Crippen LogP contribution is 2.28. The van der Waals surface area contributed by atoms with Crippen molar-refractivity contribution >= 4 is 53.8 Å². The maximum Gasteiger partial charge on any atom is 0.247 e. The minimum absolute atomic E-state index is 0.284. The Balaban J connectivity index is 1.57. The normalized spacial score (nSPS) is 16.3. The molecule has 4 aromatic rings. The number of aromatic nitrogens is 4. The molecule has 0 spiro atoms. The predicted octanol–water partition coefficient (Wildman–Crippen LogP) is -0.822. The Morgan fingerprint density at radius 2 is 2.15 bits per heavy atom. The van der Waals surface area contributed by atoms with Gasteiger partial charge in [-0.25, -0.2) is 4.98 Å². The van der Waals surface area contributed by atoms with Crippen LogP contribution >= 0.6 is 0 Å². The lowest BCUT2D eigenvalue weighted by molar-refractivity contribution is -0.138. The molecule has 166 valence electrons. The minimum atomic E-state index is -0.512. The summed E-state index contributed by atoms with van der Waals surface area (Å²) in [5.74, 6) is 0.902. The number of piperazine rings is 1. The molecule has 0 bridgehead atoms. The number of nitrogens with two attached hydrogens (primary N) is 1. The third-order valence-corrected chi connectivity index (χ3v) is 6.08. The lowest BCUT2D eigenvalue weighted by atomic mass is 9.96. The number of anilines is 2. The van der Waals surface area contributed by atoms with E-state index in [1.165, 1.54) is 7.05 Å². The molecule has 0 aliphatic carbocycles. The number of benzene rings is 1. The number of carbonyl (C=O) groups is 2. The minimum Gasteiger partial charge on any atom is -0.384 e. The van der Waals surface area contributed by atoms with E-state index in [9.17, 15) is 9.59 Å². The number of nitrogens with one attached hydrogen (secondary N) is 1. The van der Waals surface area contributed by atoms with E-state index in [4.69, 9.17) is 10.7 Å². The maximum absolute atomic E-state index is 12.5. The highest BCUT2D eigenvalue weighted by molar-refractivity contribution is 6.38. The molecule has 3 N–H and O–H groups in total. The molecule has 1 aliphatic heterocycles. The zero-order valence-electron chi connectivity index (χ0n) is 18.4. The second kappa shape index (κ2) is 8.17. The molecule has 11 heteroatoms. The SMILES string of the molecule is Bc1c(N2CCNC(C(=O)N(C)C=O)C2)nc2c(-c3cnc4ccccc4c3)cnn2c1N. The van der Waals surface area contributed by atoms with Gasteiger partial charge in [0.1, 0.15) is 25.5 Å². The third-order valence-electron chi connectivity index (χ3n) is 6.08. The average Bonchev–Trinajstić information content (AvgIpc) is 3.29. The number of likely N-dealkylation sites (N-methyl/N-ethyl adjacent to an activating group) is 1. The van der Waals surface area contributed by atoms with Crippen molar-refractivity contribution in [2.24, 2.45) is 0 Å². The van der Waals surface area contributed by atoms with Crippen LogP contribution in [0.4, 0.5) is 11.6 Å². The second-order valence-electron chi connectivity index (χ2n) is 8.16. The monoisotopic (exact) mass is 442 g/mol. The molecule has 1 unspecified atom stereocenters. The molecule has 33 heavy (non-hydrogen) atoms. The molecule has 4 heterocycles. The van der Waals surface area contributed by atoms with Crippen molar-refractivity contribution < 1.29 is 9.59 Å². The van der Waals surface area contributed by atoms with Gasteiger partial charge in [0.15, 0.2) is 5.65 Å². The molecule has 10 nitrogen and oxygen atoms in total. The van der Waals surface area contributed by atoms with E-state index in [0.29, 0.717) is 43.3 Å². The second-order valence-corrected chi connectivity index (χ2v) is 8.16. The molecule has 3 aromatic heterocycles. The van der Waals surface area contributed by atoms with Gasteiger partial charge in [0.25, 0.3) is 0 Å². The first-order chi connectivity index (χ1) is 16.0. The molecular weight excluding hydrogens is 419 g/mol. The topological polar surface area (TPSA) is 122 Å². The Bertz CT molecular complexity index is 1390. The van der Waals surface area contributed by atoms with Crippen LogP contribution < -0.4 is 21.4 Å². The summed E-state index contributed by atoms with van der Waals surface area (Å²) in [6, 6.07) is 9.47. The smallest absolute Gasteiger partial charge is 0.247 e. The molecule has 1 aromatic carbocycles. The number of hydrogen-bond acceptors (Lipinski definition) is 8. The number of carbonyl (C=O) groups excluding carboxylic acids is 2. The summed E-state index contributed by atoms with van der Waals surface area (Å²) in [5, 5.41) is 8.67. The van der Waals surface area contributed by atoms with Crippen molar-refractivity contribution in [3.8, 4) is 11.1 Å². The van der Waals surface area contributed by atoms with Crippen LogP contribution in [0.15, 0.2) is 42.7 Å². The van der Waals surface area contributed by atoms with E-state index < -0.39 is 6.04 Å². The number of nitrogens with zero attached hydrogens (tertiary/aromatic N) is 6. The van der Waals surface area contributed by atoms with Crippen LogP contribution in [0.5, 0.6) is 0 Å². The van der Waals surface area contributed by atoms with Crippen molar-refractivity contribution in [3.05, 3.63) is 42.7 Å². The molecule has 1 aliphatic rings. The summed E-state index contributed by atoms with van der Waals surface area (Å²) in [4.78, 5) is 36.1. The van der Waals surface area contributed by atoms with Crippen LogP contribution in [0.3, 0.4) is 0 Å². The van der Waals surface area contributed by atoms with Gasteiger partial charge in [-0.15, -0.1) is 0 Å². The van der Waals surface area contributed by atoms with E-state index in [-0.39, 0.29) is 5.91 Å². The van der Waals surface area contributed by atoms with Gasteiger partial charge < -0.3 is 16.0 Å². The van der Waals surface area contributed by atoms with Crippen LogP contribution in [0, 0.1) is 0 Å². The van der Waals surface area contributed by atoms with Gasteiger partial charge in [-0.2, -0.15) is 9.61 Å². The average molecular weight is 442 g/mol. The first-order valence-electron chi connectivity index (χ1n) is 10.7. The highest BCUT2D eigenvalue weighted by atomic mass is 16.2. The van der Waals surface area contributed by atoms with Crippen molar-refractivity contribution in [3.63, 3.8) is 0 Å². The molecule has 1 atom stereocenters. The van der Waals surface area contributed by atoms with Gasteiger partial charge >= 0.3 is 0 Å². The summed E-state index contributed by atoms with van der Waals surface area (Å²) < 4.78 is 1.63. The molecule has 0 saturated carbocycles. The van der Waals surface area contributed by atoms with E-state index >= 15 is 0 Å². The number of rotatable bonds is 4. The highest BCUT2D eigenvalue weighted by Gasteiger charge is 2.30. The number of imide groups is 1. The van der Waals surface area contributed by atoms with Crippen molar-refractivity contribution in [1.82, 2.24) is 29.8 Å². The van der Waals surface area contributed by atoms with E-state index in [1.54, 1.807) is 10.7 Å². The van der Waals surface area contributed by atoms with Gasteiger partial charge in [0.2, 0.25) is 12.3 Å². The first kappa shape index (κ1) is 20.9. The maximum atomic E-state index is 12.5. The standard InChI is InChI=1S/C22H23BN8O2/c1-29(12-32)22(33)17-11-30(7-6-25-17)21-18(23)19(24)31-20(28-21)15(10-27-31)14-8-13-4-2-3-5-16(13)26-9-14/h2-5,8-10,12,17,25H,6-7,11,23-24H2,1H3. The first-order valence-corrected chi connectivity index (χ1v) is 10.7. The van der Waals surface area contributed by atoms with Crippen molar-refractivity contribution in [2.75, 3.05) is 37.3 Å². The molecular formula is C22H23BN8O2. The largest absolute Gasteiger partial charge is 0.384 e. The lowest BCUT2D eigenvalue weighted by Crippen LogP contribution is -2.58. The summed E-state index contributed by atoms with van der Waals surface area (Å²) >= 11 is 0. The van der Waals surface area contributed by atoms with E-state index in [1.807, 2.05) is 43.2 Å². The number of fused-ring (bicyclic) bond motifs is 2. The van der Waals surface area contributed by atoms with Crippen LogP contribution in [0.1, 0.15) is 0 Å². The molecule has 1 fully saturated rings. The quantitative estimate of drug-likeness (QED) is 0.311. The molecule has 5 rings (SSSR count). The van der Waals surface area contributed by atoms with Crippen LogP contribution in [0.25, 0.3) is 27.7 Å². The summed E-state index contributed by atoms with van der Waals surface area (Å²) in [6.45, 7) is 1.61. The van der Waals surface area contributed by atoms with Gasteiger partial charge in [0, 0.05) is 49.4 Å². The van der Waals surface area contributed by atoms with Crippen LogP contribution in [0.2, 0.25) is 0 Å². The van der Waals surface area contributed by atoms with Crippen molar-refractivity contribution in [2.45, 2.75) is 6.04 Å². The molecule has 0 radical (unpaired) electrons. The van der Waals surface area contributed by atoms with Gasteiger partial charge in [0.05, 0.1) is 11.7 Å². The Morgan fingerprint density at radius 3 is 2.97 bits per heavy atom. The zero-order chi connectivity index (χ0) is 23.1. The fourth-order valence-corrected chi connectivity index (χ4v) is 4.22. The molecule has 1 saturated heterocycles. The van der Waals surface area contributed by atoms with Gasteiger partial charge in [-0.1, -0.05) is 18.2 Å². The summed E-state index contributed by atoms with van der Waals surface area (Å²) in [6.07, 6.45) is 4.08. The number of para-hydroxylation sites is 1. The Labute approximate surface area is 190 Å². The summed E-state index contributed by atoms with van der Waals surface area (Å²) in [5.41, 5.74) is 10.5. The zero-order valence-corrected chi connectivity index (χ0v) is 18.4. The number of amides is 2. The van der Waals surface area contributed by atoms with E-state index in [2.05, 4.69) is 21.5 Å². The number of nitrogen functional groups attached to an aromatic ring is 1. The fourth-order valence-electron chi connectivity index (χ4n) is 4.22. The lowest BCUT2D eigenvalue weighted by Gasteiger charge is -2.35. The Hall–Kier alpha value is -3.99. The van der Waals surface area contributed by atoms with Crippen LogP contribution in [-0.2, 0) is 9.59 Å². The van der Waals surface area contributed by atoms with Crippen LogP contribution in [-0.4, -0.2) is 77.4 Å². The molecule has 2 amide bonds. The van der Waals surface area contributed by atoms with Gasteiger partial charge in [-0.3, -0.25) is 19.5 Å². The number of hydrogen-bond donors (Lipinski definition) is 2. The number of pyridine rings is 1. The van der Waals surface area contributed by atoms with Crippen molar-refractivity contribution in [1.29, 1.82) is 0 Å².